The van der Waals surface area contributed by atoms with Crippen molar-refractivity contribution in [3.8, 4) is 11.5 Å². The number of ether oxygens (including phenoxy) is 2. The van der Waals surface area contributed by atoms with E-state index >= 15 is 0 Å². The van der Waals surface area contributed by atoms with Crippen LogP contribution in [0, 0.1) is 0 Å². The van der Waals surface area contributed by atoms with Gasteiger partial charge in [-0.3, -0.25) is 0 Å². The fourth-order valence-electron chi connectivity index (χ4n) is 1.90. The topological polar surface area (TPSA) is 55.8 Å². The fourth-order valence-corrected chi connectivity index (χ4v) is 2.88. The van der Waals surface area contributed by atoms with Gasteiger partial charge in [-0.05, 0) is 33.5 Å². The van der Waals surface area contributed by atoms with Gasteiger partial charge in [0.25, 0.3) is 0 Å². The van der Waals surface area contributed by atoms with Gasteiger partial charge in [-0.15, -0.1) is 0 Å². The molecule has 0 aromatic heterocycles. The molecule has 1 aliphatic rings. The van der Waals surface area contributed by atoms with E-state index in [4.69, 9.17) is 9.47 Å². The molecule has 1 N–H and O–H groups in total. The van der Waals surface area contributed by atoms with Crippen LogP contribution < -0.4 is 9.47 Å². The first-order valence-corrected chi connectivity index (χ1v) is 6.17. The van der Waals surface area contributed by atoms with E-state index in [9.17, 15) is 9.90 Å². The minimum atomic E-state index is -0.952. The van der Waals surface area contributed by atoms with Crippen molar-refractivity contribution >= 4 is 21.9 Å². The Hall–Kier alpha value is -1.23. The van der Waals surface area contributed by atoms with Crippen LogP contribution >= 0.6 is 15.9 Å². The standard InChI is InChI=1S/C12H13BrO4/c1-6(2)9-7(12(14)15)5-8-11(10(9)13)17-4-3-16-8/h5-6H,3-4H2,1-2H3,(H,14,15). The summed E-state index contributed by atoms with van der Waals surface area (Å²) in [5, 5.41) is 9.22. The lowest BCUT2D eigenvalue weighted by Gasteiger charge is -2.23. The van der Waals surface area contributed by atoms with E-state index in [1.165, 1.54) is 6.07 Å². The maximum absolute atomic E-state index is 11.2. The summed E-state index contributed by atoms with van der Waals surface area (Å²) < 4.78 is 11.6. The third-order valence-electron chi connectivity index (χ3n) is 2.62. The lowest BCUT2D eigenvalue weighted by molar-refractivity contribution is 0.0693. The van der Waals surface area contributed by atoms with Gasteiger partial charge in [0, 0.05) is 0 Å². The lowest BCUT2D eigenvalue weighted by Crippen LogP contribution is -2.18. The zero-order valence-electron chi connectivity index (χ0n) is 9.62. The van der Waals surface area contributed by atoms with Crippen molar-refractivity contribution in [1.82, 2.24) is 0 Å². The molecule has 17 heavy (non-hydrogen) atoms. The zero-order chi connectivity index (χ0) is 12.6. The summed E-state index contributed by atoms with van der Waals surface area (Å²) in [6.07, 6.45) is 0. The van der Waals surface area contributed by atoms with Crippen LogP contribution in [0.5, 0.6) is 11.5 Å². The quantitative estimate of drug-likeness (QED) is 0.912. The van der Waals surface area contributed by atoms with E-state index in [0.29, 0.717) is 29.2 Å². The van der Waals surface area contributed by atoms with Crippen molar-refractivity contribution in [1.29, 1.82) is 0 Å². The highest BCUT2D eigenvalue weighted by Gasteiger charge is 2.25. The Morgan fingerprint density at radius 1 is 1.41 bits per heavy atom. The fraction of sp³-hybridized carbons (Fsp3) is 0.417. The molecule has 0 fully saturated rings. The highest BCUT2D eigenvalue weighted by atomic mass is 79.9. The number of carboxylic acid groups (broad SMARTS) is 1. The Morgan fingerprint density at radius 2 is 2.06 bits per heavy atom. The third kappa shape index (κ3) is 2.11. The Kier molecular flexibility index (Phi) is 3.28. The predicted octanol–water partition coefficient (Wildman–Crippen LogP) is 3.04. The SMILES string of the molecule is CC(C)c1c(C(=O)O)cc2c(c1Br)OCCO2. The van der Waals surface area contributed by atoms with E-state index in [2.05, 4.69) is 15.9 Å². The molecule has 0 unspecified atom stereocenters. The zero-order valence-corrected chi connectivity index (χ0v) is 11.2. The second-order valence-electron chi connectivity index (χ2n) is 4.14. The summed E-state index contributed by atoms with van der Waals surface area (Å²) in [5.41, 5.74) is 0.998. The molecule has 0 aliphatic carbocycles. The van der Waals surface area contributed by atoms with Gasteiger partial charge in [0.2, 0.25) is 0 Å². The molecule has 0 saturated carbocycles. The molecular formula is C12H13BrO4. The van der Waals surface area contributed by atoms with Gasteiger partial charge >= 0.3 is 5.97 Å². The molecule has 2 rings (SSSR count). The number of rotatable bonds is 2. The number of benzene rings is 1. The average molecular weight is 301 g/mol. The van der Waals surface area contributed by atoms with Crippen molar-refractivity contribution in [3.63, 3.8) is 0 Å². The van der Waals surface area contributed by atoms with Crippen LogP contribution in [0.1, 0.15) is 35.7 Å². The molecule has 0 radical (unpaired) electrons. The number of carbonyl (C=O) groups is 1. The van der Waals surface area contributed by atoms with Crippen LogP contribution in [0.15, 0.2) is 10.5 Å². The summed E-state index contributed by atoms with van der Waals surface area (Å²) in [6, 6.07) is 1.54. The molecule has 92 valence electrons. The van der Waals surface area contributed by atoms with Crippen LogP contribution in [-0.4, -0.2) is 24.3 Å². The number of fused-ring (bicyclic) bond motifs is 1. The second-order valence-corrected chi connectivity index (χ2v) is 4.93. The Bertz CT molecular complexity index is 468. The molecule has 0 saturated heterocycles. The maximum Gasteiger partial charge on any atom is 0.336 e. The van der Waals surface area contributed by atoms with Crippen molar-refractivity contribution in [2.75, 3.05) is 13.2 Å². The first-order chi connectivity index (χ1) is 8.02. The summed E-state index contributed by atoms with van der Waals surface area (Å²) >= 11 is 3.42. The molecule has 0 atom stereocenters. The molecule has 0 spiro atoms. The van der Waals surface area contributed by atoms with Crippen molar-refractivity contribution in [2.45, 2.75) is 19.8 Å². The molecule has 1 aromatic rings. The third-order valence-corrected chi connectivity index (χ3v) is 3.41. The first-order valence-electron chi connectivity index (χ1n) is 5.37. The molecular weight excluding hydrogens is 288 g/mol. The van der Waals surface area contributed by atoms with E-state index in [1.807, 2.05) is 13.8 Å². The average Bonchev–Trinajstić information content (AvgIpc) is 2.28. The maximum atomic E-state index is 11.2. The molecule has 1 heterocycles. The van der Waals surface area contributed by atoms with Gasteiger partial charge in [0.05, 0.1) is 10.0 Å². The van der Waals surface area contributed by atoms with Gasteiger partial charge in [0.15, 0.2) is 11.5 Å². The van der Waals surface area contributed by atoms with Gasteiger partial charge in [0.1, 0.15) is 13.2 Å². The number of hydrogen-bond acceptors (Lipinski definition) is 3. The number of aromatic carboxylic acids is 1. The first kappa shape index (κ1) is 12.2. The highest BCUT2D eigenvalue weighted by Crippen LogP contribution is 2.44. The minimum Gasteiger partial charge on any atom is -0.486 e. The molecule has 1 aliphatic heterocycles. The normalized spacial score (nSPS) is 13.9. The highest BCUT2D eigenvalue weighted by molar-refractivity contribution is 9.10. The smallest absolute Gasteiger partial charge is 0.336 e. The van der Waals surface area contributed by atoms with Gasteiger partial charge in [-0.25, -0.2) is 4.79 Å². The predicted molar refractivity (Wildman–Crippen MR) is 66.2 cm³/mol. The number of halogens is 1. The molecule has 1 aromatic carbocycles. The van der Waals surface area contributed by atoms with E-state index < -0.39 is 5.97 Å². The largest absolute Gasteiger partial charge is 0.486 e. The van der Waals surface area contributed by atoms with E-state index in [1.54, 1.807) is 0 Å². The van der Waals surface area contributed by atoms with Crippen LogP contribution in [0.2, 0.25) is 0 Å². The molecule has 0 amide bonds. The Morgan fingerprint density at radius 3 is 2.65 bits per heavy atom. The van der Waals surface area contributed by atoms with Gasteiger partial charge in [-0.2, -0.15) is 0 Å². The van der Waals surface area contributed by atoms with Crippen LogP contribution in [0.4, 0.5) is 0 Å². The minimum absolute atomic E-state index is 0.0892. The summed E-state index contributed by atoms with van der Waals surface area (Å²) in [5.74, 6) is 0.229. The lowest BCUT2D eigenvalue weighted by atomic mass is 9.96. The summed E-state index contributed by atoms with van der Waals surface area (Å²) in [6.45, 7) is 4.82. The van der Waals surface area contributed by atoms with E-state index in [0.717, 1.165) is 5.56 Å². The molecule has 4 nitrogen and oxygen atoms in total. The Labute approximate surface area is 108 Å². The molecule has 0 bridgehead atoms. The monoisotopic (exact) mass is 300 g/mol. The summed E-state index contributed by atoms with van der Waals surface area (Å²) in [7, 11) is 0. The second kappa shape index (κ2) is 4.56. The van der Waals surface area contributed by atoms with Crippen LogP contribution in [-0.2, 0) is 0 Å². The van der Waals surface area contributed by atoms with Gasteiger partial charge in [-0.1, -0.05) is 13.8 Å². The number of hydrogen-bond donors (Lipinski definition) is 1. The number of carboxylic acids is 1. The van der Waals surface area contributed by atoms with E-state index in [-0.39, 0.29) is 11.5 Å². The Balaban J connectivity index is 2.67. The van der Waals surface area contributed by atoms with Crippen LogP contribution in [0.3, 0.4) is 0 Å². The van der Waals surface area contributed by atoms with Crippen molar-refractivity contribution < 1.29 is 19.4 Å². The van der Waals surface area contributed by atoms with Crippen molar-refractivity contribution in [3.05, 3.63) is 21.7 Å². The van der Waals surface area contributed by atoms with Crippen LogP contribution in [0.25, 0.3) is 0 Å². The molecule has 5 heteroatoms. The van der Waals surface area contributed by atoms with Gasteiger partial charge < -0.3 is 14.6 Å². The van der Waals surface area contributed by atoms with Crippen molar-refractivity contribution in [2.24, 2.45) is 0 Å². The summed E-state index contributed by atoms with van der Waals surface area (Å²) in [4.78, 5) is 11.2.